The van der Waals surface area contributed by atoms with E-state index < -0.39 is 0 Å². The Kier molecular flexibility index (Phi) is 5.61. The first-order valence-corrected chi connectivity index (χ1v) is 9.37. The number of nitrogens with zero attached hydrogens (tertiary/aromatic N) is 1. The molecule has 3 aromatic rings. The number of benzene rings is 2. The van der Waals surface area contributed by atoms with Gasteiger partial charge < -0.3 is 5.32 Å². The molecule has 0 saturated heterocycles. The van der Waals surface area contributed by atoms with Gasteiger partial charge in [-0.2, -0.15) is 0 Å². The normalized spacial score (nSPS) is 10.5. The van der Waals surface area contributed by atoms with E-state index in [1.165, 1.54) is 23.9 Å². The van der Waals surface area contributed by atoms with Crippen molar-refractivity contribution in [3.8, 4) is 10.6 Å². The fraction of sp³-hybridized carbons (Fsp3) is 0.111. The summed E-state index contributed by atoms with van der Waals surface area (Å²) in [7, 11) is 0. The van der Waals surface area contributed by atoms with Crippen LogP contribution < -0.4 is 5.32 Å². The molecule has 0 saturated carbocycles. The molecule has 0 atom stereocenters. The minimum atomic E-state index is -0.364. The van der Waals surface area contributed by atoms with Gasteiger partial charge in [-0.25, -0.2) is 9.37 Å². The SMILES string of the molecule is O=C(CSCc1csc(-c2ccccc2)n1)Nc1cccc(F)c1. The van der Waals surface area contributed by atoms with Crippen LogP contribution in [0.1, 0.15) is 5.69 Å². The maximum absolute atomic E-state index is 13.1. The third-order valence-electron chi connectivity index (χ3n) is 3.16. The third-order valence-corrected chi connectivity index (χ3v) is 5.07. The summed E-state index contributed by atoms with van der Waals surface area (Å²) in [6.45, 7) is 0. The number of rotatable bonds is 6. The third kappa shape index (κ3) is 4.66. The van der Waals surface area contributed by atoms with Crippen LogP contribution in [-0.4, -0.2) is 16.6 Å². The number of carbonyl (C=O) groups is 1. The Labute approximate surface area is 148 Å². The Morgan fingerprint density at radius 3 is 2.79 bits per heavy atom. The van der Waals surface area contributed by atoms with E-state index in [0.29, 0.717) is 17.2 Å². The van der Waals surface area contributed by atoms with Gasteiger partial charge in [-0.05, 0) is 18.2 Å². The molecule has 0 aliphatic heterocycles. The molecule has 0 aliphatic rings. The molecule has 1 amide bonds. The summed E-state index contributed by atoms with van der Waals surface area (Å²) in [5.74, 6) is 0.453. The molecule has 0 unspecified atom stereocenters. The van der Waals surface area contributed by atoms with Gasteiger partial charge in [0.15, 0.2) is 0 Å². The number of thiazole rings is 1. The maximum Gasteiger partial charge on any atom is 0.234 e. The standard InChI is InChI=1S/C18H15FN2OS2/c19-14-7-4-8-15(9-14)20-17(22)12-23-10-16-11-24-18(21-16)13-5-2-1-3-6-13/h1-9,11H,10,12H2,(H,20,22). The molecule has 3 rings (SSSR count). The van der Waals surface area contributed by atoms with Gasteiger partial charge in [0.1, 0.15) is 10.8 Å². The van der Waals surface area contributed by atoms with Crippen molar-refractivity contribution in [1.82, 2.24) is 4.98 Å². The predicted molar refractivity (Wildman–Crippen MR) is 98.7 cm³/mol. The van der Waals surface area contributed by atoms with Gasteiger partial charge in [-0.1, -0.05) is 36.4 Å². The first-order chi connectivity index (χ1) is 11.7. The van der Waals surface area contributed by atoms with Gasteiger partial charge in [0.05, 0.1) is 11.4 Å². The molecule has 1 aromatic heterocycles. The van der Waals surface area contributed by atoms with E-state index in [-0.39, 0.29) is 11.7 Å². The molecular weight excluding hydrogens is 343 g/mol. The molecule has 0 fully saturated rings. The number of hydrogen-bond donors (Lipinski definition) is 1. The average Bonchev–Trinajstić information content (AvgIpc) is 3.04. The van der Waals surface area contributed by atoms with E-state index in [9.17, 15) is 9.18 Å². The zero-order valence-corrected chi connectivity index (χ0v) is 14.4. The van der Waals surface area contributed by atoms with Gasteiger partial charge in [-0.15, -0.1) is 23.1 Å². The van der Waals surface area contributed by atoms with E-state index in [2.05, 4.69) is 10.3 Å². The Bertz CT molecular complexity index is 821. The molecule has 2 aromatic carbocycles. The van der Waals surface area contributed by atoms with Crippen LogP contribution in [0, 0.1) is 5.82 Å². The van der Waals surface area contributed by atoms with E-state index in [0.717, 1.165) is 16.3 Å². The topological polar surface area (TPSA) is 42.0 Å². The van der Waals surface area contributed by atoms with E-state index in [1.54, 1.807) is 23.5 Å². The molecular formula is C18H15FN2OS2. The monoisotopic (exact) mass is 358 g/mol. The molecule has 1 N–H and O–H groups in total. The van der Waals surface area contributed by atoms with Crippen LogP contribution in [0.2, 0.25) is 0 Å². The highest BCUT2D eigenvalue weighted by atomic mass is 32.2. The van der Waals surface area contributed by atoms with Gasteiger partial charge in [-0.3, -0.25) is 4.79 Å². The zero-order valence-electron chi connectivity index (χ0n) is 12.7. The van der Waals surface area contributed by atoms with Crippen molar-refractivity contribution >= 4 is 34.7 Å². The van der Waals surface area contributed by atoms with Crippen LogP contribution >= 0.6 is 23.1 Å². The van der Waals surface area contributed by atoms with Crippen molar-refractivity contribution in [2.75, 3.05) is 11.1 Å². The number of aromatic nitrogens is 1. The quantitative estimate of drug-likeness (QED) is 0.687. The number of nitrogens with one attached hydrogen (secondary N) is 1. The second kappa shape index (κ2) is 8.08. The summed E-state index contributed by atoms with van der Waals surface area (Å²) < 4.78 is 13.1. The second-order valence-electron chi connectivity index (χ2n) is 5.06. The lowest BCUT2D eigenvalue weighted by molar-refractivity contribution is -0.113. The largest absolute Gasteiger partial charge is 0.325 e. The van der Waals surface area contributed by atoms with Crippen molar-refractivity contribution in [3.05, 3.63) is 71.5 Å². The number of amides is 1. The van der Waals surface area contributed by atoms with Crippen LogP contribution in [0.25, 0.3) is 10.6 Å². The second-order valence-corrected chi connectivity index (χ2v) is 6.91. The van der Waals surface area contributed by atoms with Crippen molar-refractivity contribution in [2.24, 2.45) is 0 Å². The van der Waals surface area contributed by atoms with Crippen LogP contribution in [0.4, 0.5) is 10.1 Å². The summed E-state index contributed by atoms with van der Waals surface area (Å²) in [5.41, 5.74) is 2.53. The Hall–Kier alpha value is -2.18. The van der Waals surface area contributed by atoms with E-state index in [4.69, 9.17) is 0 Å². The molecule has 0 aliphatic carbocycles. The lowest BCUT2D eigenvalue weighted by atomic mass is 10.2. The molecule has 122 valence electrons. The first-order valence-electron chi connectivity index (χ1n) is 7.34. The number of halogens is 1. The summed E-state index contributed by atoms with van der Waals surface area (Å²) in [4.78, 5) is 16.5. The van der Waals surface area contributed by atoms with E-state index in [1.807, 2.05) is 35.7 Å². The highest BCUT2D eigenvalue weighted by Gasteiger charge is 2.07. The number of anilines is 1. The Balaban J connectivity index is 1.48. The molecule has 0 spiro atoms. The Morgan fingerprint density at radius 1 is 1.17 bits per heavy atom. The fourth-order valence-corrected chi connectivity index (χ4v) is 3.75. The summed E-state index contributed by atoms with van der Waals surface area (Å²) in [6.07, 6.45) is 0. The minimum absolute atomic E-state index is 0.149. The van der Waals surface area contributed by atoms with Gasteiger partial charge >= 0.3 is 0 Å². The van der Waals surface area contributed by atoms with Crippen LogP contribution in [0.3, 0.4) is 0 Å². The maximum atomic E-state index is 13.1. The van der Waals surface area contributed by atoms with Crippen LogP contribution in [0.5, 0.6) is 0 Å². The van der Waals surface area contributed by atoms with Gasteiger partial charge in [0.25, 0.3) is 0 Å². The minimum Gasteiger partial charge on any atom is -0.325 e. The fourth-order valence-electron chi connectivity index (χ4n) is 2.10. The van der Waals surface area contributed by atoms with Crippen LogP contribution in [0.15, 0.2) is 60.0 Å². The smallest absolute Gasteiger partial charge is 0.234 e. The highest BCUT2D eigenvalue weighted by Crippen LogP contribution is 2.25. The average molecular weight is 358 g/mol. The molecule has 0 bridgehead atoms. The molecule has 6 heteroatoms. The highest BCUT2D eigenvalue weighted by molar-refractivity contribution is 7.99. The molecule has 24 heavy (non-hydrogen) atoms. The van der Waals surface area contributed by atoms with Crippen molar-refractivity contribution in [3.63, 3.8) is 0 Å². The summed E-state index contributed by atoms with van der Waals surface area (Å²) in [5, 5.41) is 5.68. The number of thioether (sulfide) groups is 1. The molecule has 1 heterocycles. The van der Waals surface area contributed by atoms with Crippen molar-refractivity contribution < 1.29 is 9.18 Å². The van der Waals surface area contributed by atoms with Crippen LogP contribution in [-0.2, 0) is 10.5 Å². The summed E-state index contributed by atoms with van der Waals surface area (Å²) in [6, 6.07) is 15.9. The summed E-state index contributed by atoms with van der Waals surface area (Å²) >= 11 is 3.08. The van der Waals surface area contributed by atoms with Gasteiger partial charge in [0, 0.05) is 22.4 Å². The zero-order chi connectivity index (χ0) is 16.8. The molecule has 3 nitrogen and oxygen atoms in total. The lowest BCUT2D eigenvalue weighted by Gasteiger charge is -2.04. The Morgan fingerprint density at radius 2 is 2.00 bits per heavy atom. The lowest BCUT2D eigenvalue weighted by Crippen LogP contribution is -2.14. The first kappa shape index (κ1) is 16.7. The van der Waals surface area contributed by atoms with E-state index >= 15 is 0 Å². The molecule has 0 radical (unpaired) electrons. The predicted octanol–water partition coefficient (Wildman–Crippen LogP) is 4.82. The number of carbonyl (C=O) groups excluding carboxylic acids is 1. The van der Waals surface area contributed by atoms with Crippen molar-refractivity contribution in [1.29, 1.82) is 0 Å². The van der Waals surface area contributed by atoms with Gasteiger partial charge in [0.2, 0.25) is 5.91 Å². The number of hydrogen-bond acceptors (Lipinski definition) is 4. The van der Waals surface area contributed by atoms with Crippen molar-refractivity contribution in [2.45, 2.75) is 5.75 Å².